The summed E-state index contributed by atoms with van der Waals surface area (Å²) in [4.78, 5) is 11.3. The molecule has 2 N–H and O–H groups in total. The van der Waals surface area contributed by atoms with Gasteiger partial charge in [0.1, 0.15) is 5.82 Å². The number of nitrogens with one attached hydrogen (secondary N) is 1. The quantitative estimate of drug-likeness (QED) is 0.785. The smallest absolute Gasteiger partial charge is 0.308 e. The van der Waals surface area contributed by atoms with Crippen LogP contribution >= 0.6 is 15.9 Å². The van der Waals surface area contributed by atoms with E-state index in [9.17, 15) is 14.3 Å². The highest BCUT2D eigenvalue weighted by Crippen LogP contribution is 2.15. The lowest BCUT2D eigenvalue weighted by atomic mass is 10.0. The molecule has 1 heterocycles. The van der Waals surface area contributed by atoms with Crippen molar-refractivity contribution in [2.75, 3.05) is 6.54 Å². The van der Waals surface area contributed by atoms with Gasteiger partial charge in [-0.1, -0.05) is 15.9 Å². The molecule has 1 atom stereocenters. The van der Waals surface area contributed by atoms with Gasteiger partial charge in [-0.2, -0.15) is 5.10 Å². The Morgan fingerprint density at radius 1 is 1.55 bits per heavy atom. The summed E-state index contributed by atoms with van der Waals surface area (Å²) in [6.07, 6.45) is 3.84. The van der Waals surface area contributed by atoms with Crippen molar-refractivity contribution in [2.45, 2.75) is 13.0 Å². The number of carbonyl (C=O) groups is 1. The van der Waals surface area contributed by atoms with Gasteiger partial charge in [-0.3, -0.25) is 9.48 Å². The molecule has 0 amide bonds. The summed E-state index contributed by atoms with van der Waals surface area (Å²) in [5, 5.41) is 16.3. The van der Waals surface area contributed by atoms with Gasteiger partial charge in [-0.25, -0.2) is 4.39 Å². The van der Waals surface area contributed by atoms with Crippen LogP contribution in [0.3, 0.4) is 0 Å². The maximum atomic E-state index is 13.6. The van der Waals surface area contributed by atoms with Crippen molar-refractivity contribution in [2.24, 2.45) is 13.0 Å². The van der Waals surface area contributed by atoms with Gasteiger partial charge < -0.3 is 10.4 Å². The Bertz CT molecular complexity index is 660. The average Bonchev–Trinajstić information content (AvgIpc) is 2.86. The summed E-state index contributed by atoms with van der Waals surface area (Å²) in [6, 6.07) is 4.69. The number of carboxylic acids is 1. The van der Waals surface area contributed by atoms with Crippen LogP contribution in [0.15, 0.2) is 35.1 Å². The molecule has 0 spiro atoms. The van der Waals surface area contributed by atoms with Crippen LogP contribution in [-0.2, 0) is 24.8 Å². The lowest BCUT2D eigenvalue weighted by Crippen LogP contribution is -2.30. The highest BCUT2D eigenvalue weighted by atomic mass is 79.9. The van der Waals surface area contributed by atoms with E-state index in [0.717, 1.165) is 10.0 Å². The molecule has 2 aromatic rings. The first-order chi connectivity index (χ1) is 10.5. The molecule has 118 valence electrons. The molecule has 0 bridgehead atoms. The Morgan fingerprint density at radius 2 is 2.32 bits per heavy atom. The van der Waals surface area contributed by atoms with E-state index >= 15 is 0 Å². The number of hydrogen-bond acceptors (Lipinski definition) is 3. The van der Waals surface area contributed by atoms with Crippen LogP contribution in [0, 0.1) is 11.7 Å². The molecule has 7 heteroatoms. The predicted octanol–water partition coefficient (Wildman–Crippen LogP) is 2.35. The molecule has 5 nitrogen and oxygen atoms in total. The molecule has 0 saturated heterocycles. The van der Waals surface area contributed by atoms with Crippen molar-refractivity contribution in [3.63, 3.8) is 0 Å². The molecular weight excluding hydrogens is 353 g/mol. The minimum absolute atomic E-state index is 0.260. The van der Waals surface area contributed by atoms with Crippen LogP contribution in [0.4, 0.5) is 4.39 Å². The second-order valence-electron chi connectivity index (χ2n) is 5.13. The second kappa shape index (κ2) is 7.51. The summed E-state index contributed by atoms with van der Waals surface area (Å²) < 4.78 is 16.0. The number of benzene rings is 1. The van der Waals surface area contributed by atoms with Gasteiger partial charge in [0, 0.05) is 36.4 Å². The largest absolute Gasteiger partial charge is 0.481 e. The van der Waals surface area contributed by atoms with Gasteiger partial charge in [-0.15, -0.1) is 0 Å². The number of carboxylic acid groups (broad SMARTS) is 1. The summed E-state index contributed by atoms with van der Waals surface area (Å²) in [5.41, 5.74) is 1.37. The van der Waals surface area contributed by atoms with E-state index < -0.39 is 11.9 Å². The SMILES string of the molecule is Cn1cc(CC(CNCc2cc(Br)ccc2F)C(=O)O)cn1. The third kappa shape index (κ3) is 4.64. The highest BCUT2D eigenvalue weighted by molar-refractivity contribution is 9.10. The topological polar surface area (TPSA) is 67.2 Å². The molecule has 0 fully saturated rings. The van der Waals surface area contributed by atoms with Crippen LogP contribution in [-0.4, -0.2) is 27.4 Å². The van der Waals surface area contributed by atoms with Crippen molar-refractivity contribution in [1.82, 2.24) is 15.1 Å². The standard InChI is InChI=1S/C15H17BrFN3O2/c1-20-9-10(6-19-20)4-12(15(21)22)8-18-7-11-5-13(16)2-3-14(11)17/h2-3,5-6,9,12,18H,4,7-8H2,1H3,(H,21,22). The van der Waals surface area contributed by atoms with Crippen molar-refractivity contribution in [3.05, 3.63) is 52.0 Å². The van der Waals surface area contributed by atoms with E-state index in [1.807, 2.05) is 0 Å². The summed E-state index contributed by atoms with van der Waals surface area (Å²) in [5.74, 6) is -1.78. The zero-order valence-corrected chi connectivity index (χ0v) is 13.7. The van der Waals surface area contributed by atoms with Crippen LogP contribution in [0.1, 0.15) is 11.1 Å². The zero-order valence-electron chi connectivity index (χ0n) is 12.1. The minimum Gasteiger partial charge on any atom is -0.481 e. The third-order valence-corrected chi connectivity index (χ3v) is 3.80. The number of aliphatic carboxylic acids is 1. The fourth-order valence-corrected chi connectivity index (χ4v) is 2.58. The zero-order chi connectivity index (χ0) is 16.1. The number of halogens is 2. The van der Waals surface area contributed by atoms with Gasteiger partial charge in [0.05, 0.1) is 12.1 Å². The van der Waals surface area contributed by atoms with Crippen LogP contribution in [0.25, 0.3) is 0 Å². The van der Waals surface area contributed by atoms with Crippen molar-refractivity contribution in [1.29, 1.82) is 0 Å². The Morgan fingerprint density at radius 3 is 2.95 bits per heavy atom. The van der Waals surface area contributed by atoms with E-state index in [2.05, 4.69) is 26.3 Å². The maximum Gasteiger partial charge on any atom is 0.308 e. The van der Waals surface area contributed by atoms with Crippen LogP contribution in [0.5, 0.6) is 0 Å². The number of hydrogen-bond donors (Lipinski definition) is 2. The number of aryl methyl sites for hydroxylation is 1. The van der Waals surface area contributed by atoms with Gasteiger partial charge >= 0.3 is 5.97 Å². The van der Waals surface area contributed by atoms with Crippen molar-refractivity contribution < 1.29 is 14.3 Å². The minimum atomic E-state index is -0.883. The normalized spacial score (nSPS) is 12.3. The van der Waals surface area contributed by atoms with Crippen LogP contribution < -0.4 is 5.32 Å². The Balaban J connectivity index is 1.92. The van der Waals surface area contributed by atoms with E-state index in [-0.39, 0.29) is 18.9 Å². The molecule has 0 aliphatic rings. The Kier molecular flexibility index (Phi) is 5.68. The third-order valence-electron chi connectivity index (χ3n) is 3.30. The number of aromatic nitrogens is 2. The fraction of sp³-hybridized carbons (Fsp3) is 0.333. The summed E-state index contributed by atoms with van der Waals surface area (Å²) in [6.45, 7) is 0.540. The van der Waals surface area contributed by atoms with Crippen LogP contribution in [0.2, 0.25) is 0 Å². The van der Waals surface area contributed by atoms with Gasteiger partial charge in [0.2, 0.25) is 0 Å². The number of nitrogens with zero attached hydrogens (tertiary/aromatic N) is 2. The lowest BCUT2D eigenvalue weighted by Gasteiger charge is -2.13. The fourth-order valence-electron chi connectivity index (χ4n) is 2.17. The average molecular weight is 370 g/mol. The number of rotatable bonds is 7. The maximum absolute atomic E-state index is 13.6. The highest BCUT2D eigenvalue weighted by Gasteiger charge is 2.18. The van der Waals surface area contributed by atoms with Gasteiger partial charge in [0.15, 0.2) is 0 Å². The first-order valence-corrected chi connectivity index (χ1v) is 7.60. The second-order valence-corrected chi connectivity index (χ2v) is 6.04. The van der Waals surface area contributed by atoms with E-state index in [4.69, 9.17) is 0 Å². The molecule has 0 radical (unpaired) electrons. The summed E-state index contributed by atoms with van der Waals surface area (Å²) in [7, 11) is 1.79. The van der Waals surface area contributed by atoms with Gasteiger partial charge in [-0.05, 0) is 30.2 Å². The van der Waals surface area contributed by atoms with E-state index in [1.165, 1.54) is 6.07 Å². The molecule has 1 unspecified atom stereocenters. The molecule has 0 aliphatic heterocycles. The molecule has 22 heavy (non-hydrogen) atoms. The first kappa shape index (κ1) is 16.6. The molecule has 0 aliphatic carbocycles. The predicted molar refractivity (Wildman–Crippen MR) is 83.8 cm³/mol. The monoisotopic (exact) mass is 369 g/mol. The lowest BCUT2D eigenvalue weighted by molar-refractivity contribution is -0.141. The molecule has 1 aromatic carbocycles. The first-order valence-electron chi connectivity index (χ1n) is 6.80. The van der Waals surface area contributed by atoms with Gasteiger partial charge in [0.25, 0.3) is 0 Å². The summed E-state index contributed by atoms with van der Waals surface area (Å²) >= 11 is 3.29. The molecule has 0 saturated carbocycles. The van der Waals surface area contributed by atoms with E-state index in [1.54, 1.807) is 36.3 Å². The van der Waals surface area contributed by atoms with E-state index in [0.29, 0.717) is 12.0 Å². The Hall–Kier alpha value is -1.73. The van der Waals surface area contributed by atoms with Crippen molar-refractivity contribution >= 4 is 21.9 Å². The Labute approximate surface area is 136 Å². The molecular formula is C15H17BrFN3O2. The molecule has 2 rings (SSSR count). The molecule has 1 aromatic heterocycles. The van der Waals surface area contributed by atoms with Crippen molar-refractivity contribution in [3.8, 4) is 0 Å².